The van der Waals surface area contributed by atoms with Crippen molar-refractivity contribution in [3.8, 4) is 0 Å². The minimum Gasteiger partial charge on any atom is -0.310 e. The maximum Gasteiger partial charge on any atom is 0.127 e. The summed E-state index contributed by atoms with van der Waals surface area (Å²) in [5, 5.41) is 3.49. The molecule has 1 aliphatic carbocycles. The summed E-state index contributed by atoms with van der Waals surface area (Å²) in [6.07, 6.45) is 3.74. The quantitative estimate of drug-likeness (QED) is 0.741. The highest BCUT2D eigenvalue weighted by atomic mass is 19.1. The Morgan fingerprint density at radius 3 is 2.71 bits per heavy atom. The zero-order valence-corrected chi connectivity index (χ0v) is 13.7. The molecule has 2 rings (SSSR count). The number of hydrogen-bond acceptors (Lipinski definition) is 2. The third-order valence-corrected chi connectivity index (χ3v) is 4.39. The Morgan fingerprint density at radius 1 is 1.33 bits per heavy atom. The van der Waals surface area contributed by atoms with Crippen LogP contribution >= 0.6 is 0 Å². The first-order valence-electron chi connectivity index (χ1n) is 8.35. The van der Waals surface area contributed by atoms with E-state index in [1.54, 1.807) is 6.07 Å². The number of nitrogens with zero attached hydrogens (tertiary/aromatic N) is 1. The van der Waals surface area contributed by atoms with Crippen molar-refractivity contribution in [2.75, 3.05) is 13.1 Å². The van der Waals surface area contributed by atoms with E-state index >= 15 is 0 Å². The summed E-state index contributed by atoms with van der Waals surface area (Å²) in [5.41, 5.74) is 2.02. The molecule has 1 unspecified atom stereocenters. The van der Waals surface area contributed by atoms with Crippen molar-refractivity contribution >= 4 is 0 Å². The van der Waals surface area contributed by atoms with Crippen LogP contribution < -0.4 is 5.32 Å². The SMILES string of the molecule is CCC(C)CN(CC)Cc1cc(CNC2CC2)ccc1F. The monoisotopic (exact) mass is 292 g/mol. The Balaban J connectivity index is 1.97. The zero-order chi connectivity index (χ0) is 15.2. The van der Waals surface area contributed by atoms with Gasteiger partial charge in [0, 0.05) is 31.2 Å². The van der Waals surface area contributed by atoms with E-state index in [9.17, 15) is 4.39 Å². The van der Waals surface area contributed by atoms with Crippen LogP contribution in [0.2, 0.25) is 0 Å². The summed E-state index contributed by atoms with van der Waals surface area (Å²) in [6.45, 7) is 10.2. The Kier molecular flexibility index (Phi) is 6.19. The smallest absolute Gasteiger partial charge is 0.127 e. The predicted molar refractivity (Wildman–Crippen MR) is 86.7 cm³/mol. The lowest BCUT2D eigenvalue weighted by Gasteiger charge is -2.24. The topological polar surface area (TPSA) is 15.3 Å². The molecule has 0 heterocycles. The summed E-state index contributed by atoms with van der Waals surface area (Å²) in [6, 6.07) is 6.25. The lowest BCUT2D eigenvalue weighted by molar-refractivity contribution is 0.235. The van der Waals surface area contributed by atoms with Gasteiger partial charge in [0.25, 0.3) is 0 Å². The van der Waals surface area contributed by atoms with E-state index < -0.39 is 0 Å². The van der Waals surface area contributed by atoms with Crippen molar-refractivity contribution in [2.45, 2.75) is 59.2 Å². The minimum atomic E-state index is -0.0761. The molecule has 0 radical (unpaired) electrons. The Morgan fingerprint density at radius 2 is 2.10 bits per heavy atom. The second-order valence-corrected chi connectivity index (χ2v) is 6.42. The van der Waals surface area contributed by atoms with Crippen LogP contribution in [0.15, 0.2) is 18.2 Å². The second kappa shape index (κ2) is 7.90. The molecular formula is C18H29FN2. The number of halogens is 1. The first-order chi connectivity index (χ1) is 10.1. The van der Waals surface area contributed by atoms with Crippen LogP contribution in [-0.2, 0) is 13.1 Å². The Hall–Kier alpha value is -0.930. The van der Waals surface area contributed by atoms with Gasteiger partial charge in [0.2, 0.25) is 0 Å². The summed E-state index contributed by atoms with van der Waals surface area (Å²) >= 11 is 0. The van der Waals surface area contributed by atoms with Crippen LogP contribution in [0, 0.1) is 11.7 Å². The molecule has 0 spiro atoms. The van der Waals surface area contributed by atoms with Gasteiger partial charge >= 0.3 is 0 Å². The minimum absolute atomic E-state index is 0.0761. The van der Waals surface area contributed by atoms with Crippen molar-refractivity contribution in [2.24, 2.45) is 5.92 Å². The van der Waals surface area contributed by atoms with E-state index in [4.69, 9.17) is 0 Å². The van der Waals surface area contributed by atoms with Crippen LogP contribution in [0.25, 0.3) is 0 Å². The van der Waals surface area contributed by atoms with Crippen molar-refractivity contribution < 1.29 is 4.39 Å². The average molecular weight is 292 g/mol. The van der Waals surface area contributed by atoms with Crippen LogP contribution in [0.5, 0.6) is 0 Å². The molecule has 2 nitrogen and oxygen atoms in total. The number of rotatable bonds is 9. The predicted octanol–water partition coefficient (Wildman–Crippen LogP) is 3.95. The van der Waals surface area contributed by atoms with Gasteiger partial charge in [-0.2, -0.15) is 0 Å². The lowest BCUT2D eigenvalue weighted by Crippen LogP contribution is -2.28. The summed E-state index contributed by atoms with van der Waals surface area (Å²) in [4.78, 5) is 2.34. The van der Waals surface area contributed by atoms with Crippen LogP contribution in [0.1, 0.15) is 51.2 Å². The van der Waals surface area contributed by atoms with Gasteiger partial charge in [0.15, 0.2) is 0 Å². The van der Waals surface area contributed by atoms with E-state index in [0.29, 0.717) is 18.5 Å². The molecule has 0 saturated heterocycles. The Labute approximate surface area is 128 Å². The molecule has 0 aliphatic heterocycles. The highest BCUT2D eigenvalue weighted by molar-refractivity contribution is 5.25. The molecule has 0 amide bonds. The largest absolute Gasteiger partial charge is 0.310 e. The molecule has 3 heteroatoms. The van der Waals surface area contributed by atoms with Crippen LogP contribution in [0.3, 0.4) is 0 Å². The van der Waals surface area contributed by atoms with E-state index in [1.165, 1.54) is 24.8 Å². The Bertz CT molecular complexity index is 443. The van der Waals surface area contributed by atoms with E-state index in [-0.39, 0.29) is 5.82 Å². The normalized spacial score (nSPS) is 16.4. The first kappa shape index (κ1) is 16.4. The molecular weight excluding hydrogens is 263 g/mol. The molecule has 1 fully saturated rings. The first-order valence-corrected chi connectivity index (χ1v) is 8.35. The van der Waals surface area contributed by atoms with Gasteiger partial charge in [0.05, 0.1) is 0 Å². The van der Waals surface area contributed by atoms with Gasteiger partial charge < -0.3 is 5.32 Å². The molecule has 1 aromatic carbocycles. The van der Waals surface area contributed by atoms with Crippen molar-refractivity contribution in [1.29, 1.82) is 0 Å². The van der Waals surface area contributed by atoms with E-state index in [0.717, 1.165) is 25.2 Å². The summed E-state index contributed by atoms with van der Waals surface area (Å²) in [5.74, 6) is 0.584. The number of benzene rings is 1. The number of hydrogen-bond donors (Lipinski definition) is 1. The number of nitrogens with one attached hydrogen (secondary N) is 1. The zero-order valence-electron chi connectivity index (χ0n) is 13.7. The highest BCUT2D eigenvalue weighted by Gasteiger charge is 2.20. The average Bonchev–Trinajstić information content (AvgIpc) is 3.31. The van der Waals surface area contributed by atoms with Crippen LogP contribution in [-0.4, -0.2) is 24.0 Å². The molecule has 1 atom stereocenters. The lowest BCUT2D eigenvalue weighted by atomic mass is 10.1. The van der Waals surface area contributed by atoms with Gasteiger partial charge in [-0.05, 0) is 36.9 Å². The van der Waals surface area contributed by atoms with Crippen molar-refractivity contribution in [1.82, 2.24) is 10.2 Å². The fourth-order valence-corrected chi connectivity index (χ4v) is 2.53. The third kappa shape index (κ3) is 5.40. The van der Waals surface area contributed by atoms with E-state index in [2.05, 4.69) is 31.0 Å². The summed E-state index contributed by atoms with van der Waals surface area (Å²) < 4.78 is 14.0. The van der Waals surface area contributed by atoms with Crippen molar-refractivity contribution in [3.63, 3.8) is 0 Å². The molecule has 1 aliphatic rings. The molecule has 0 bridgehead atoms. The molecule has 21 heavy (non-hydrogen) atoms. The molecule has 0 aromatic heterocycles. The molecule has 118 valence electrons. The van der Waals surface area contributed by atoms with Gasteiger partial charge in [-0.3, -0.25) is 4.90 Å². The van der Waals surface area contributed by atoms with Gasteiger partial charge in [-0.25, -0.2) is 4.39 Å². The molecule has 1 aromatic rings. The highest BCUT2D eigenvalue weighted by Crippen LogP contribution is 2.20. The maximum absolute atomic E-state index is 14.0. The fourth-order valence-electron chi connectivity index (χ4n) is 2.53. The van der Waals surface area contributed by atoms with Crippen LogP contribution in [0.4, 0.5) is 4.39 Å². The second-order valence-electron chi connectivity index (χ2n) is 6.42. The summed E-state index contributed by atoms with van der Waals surface area (Å²) in [7, 11) is 0. The van der Waals surface area contributed by atoms with E-state index in [1.807, 2.05) is 12.1 Å². The van der Waals surface area contributed by atoms with Gasteiger partial charge in [0.1, 0.15) is 5.82 Å². The molecule has 1 saturated carbocycles. The standard InChI is InChI=1S/C18H29FN2/c1-4-14(3)12-21(5-2)13-16-10-15(6-9-18(16)19)11-20-17-7-8-17/h6,9-10,14,17,20H,4-5,7-8,11-13H2,1-3H3. The van der Waals surface area contributed by atoms with Gasteiger partial charge in [-0.15, -0.1) is 0 Å². The fraction of sp³-hybridized carbons (Fsp3) is 0.667. The third-order valence-electron chi connectivity index (χ3n) is 4.39. The molecule has 1 N–H and O–H groups in total. The maximum atomic E-state index is 14.0. The van der Waals surface area contributed by atoms with Crippen molar-refractivity contribution in [3.05, 3.63) is 35.1 Å². The van der Waals surface area contributed by atoms with Gasteiger partial charge in [-0.1, -0.05) is 39.3 Å².